The SMILES string of the molecule is Cc1ccc(-c2nc3cc(OCc4c[nH]c(=O)cn4)ccc3o2)cn1. The second kappa shape index (κ2) is 6.20. The fourth-order valence-electron chi connectivity index (χ4n) is 2.32. The average Bonchev–Trinajstić information content (AvgIpc) is 3.05. The lowest BCUT2D eigenvalue weighted by Gasteiger charge is -2.04. The Morgan fingerprint density at radius 1 is 1.16 bits per heavy atom. The summed E-state index contributed by atoms with van der Waals surface area (Å²) < 4.78 is 11.5. The molecular weight excluding hydrogens is 320 g/mol. The van der Waals surface area contributed by atoms with E-state index in [-0.39, 0.29) is 12.2 Å². The number of aromatic nitrogens is 4. The monoisotopic (exact) mass is 334 g/mol. The molecule has 0 aliphatic rings. The van der Waals surface area contributed by atoms with Gasteiger partial charge in [-0.05, 0) is 31.2 Å². The first-order valence-corrected chi connectivity index (χ1v) is 7.67. The lowest BCUT2D eigenvalue weighted by Crippen LogP contribution is -2.08. The van der Waals surface area contributed by atoms with Crippen molar-refractivity contribution in [2.24, 2.45) is 0 Å². The Labute approximate surface area is 142 Å². The summed E-state index contributed by atoms with van der Waals surface area (Å²) >= 11 is 0. The molecule has 1 N–H and O–H groups in total. The molecule has 3 aromatic heterocycles. The first-order valence-electron chi connectivity index (χ1n) is 7.67. The van der Waals surface area contributed by atoms with Crippen LogP contribution >= 0.6 is 0 Å². The van der Waals surface area contributed by atoms with Crippen LogP contribution in [0.3, 0.4) is 0 Å². The molecule has 0 amide bonds. The maximum atomic E-state index is 11.0. The molecule has 1 aromatic carbocycles. The van der Waals surface area contributed by atoms with Crippen LogP contribution in [0.2, 0.25) is 0 Å². The second-order valence-corrected chi connectivity index (χ2v) is 5.53. The summed E-state index contributed by atoms with van der Waals surface area (Å²) in [5.41, 5.74) is 3.51. The van der Waals surface area contributed by atoms with Gasteiger partial charge in [-0.2, -0.15) is 0 Å². The predicted molar refractivity (Wildman–Crippen MR) is 91.2 cm³/mol. The Morgan fingerprint density at radius 2 is 2.08 bits per heavy atom. The predicted octanol–water partition coefficient (Wildman–Crippen LogP) is 2.86. The summed E-state index contributed by atoms with van der Waals surface area (Å²) in [6.45, 7) is 2.17. The van der Waals surface area contributed by atoms with Crippen LogP contribution in [-0.2, 0) is 6.61 Å². The molecule has 0 bridgehead atoms. The molecule has 0 aliphatic carbocycles. The smallest absolute Gasteiger partial charge is 0.266 e. The molecule has 4 aromatic rings. The van der Waals surface area contributed by atoms with Crippen LogP contribution in [-0.4, -0.2) is 19.9 Å². The molecule has 0 spiro atoms. The molecule has 7 nitrogen and oxygen atoms in total. The van der Waals surface area contributed by atoms with Crippen molar-refractivity contribution < 1.29 is 9.15 Å². The van der Waals surface area contributed by atoms with Gasteiger partial charge in [-0.25, -0.2) is 4.98 Å². The minimum atomic E-state index is -0.245. The number of H-pyrrole nitrogens is 1. The third-order valence-electron chi connectivity index (χ3n) is 3.63. The largest absolute Gasteiger partial charge is 0.487 e. The Kier molecular flexibility index (Phi) is 3.74. The number of fused-ring (bicyclic) bond motifs is 1. The number of nitrogens with one attached hydrogen (secondary N) is 1. The van der Waals surface area contributed by atoms with E-state index in [4.69, 9.17) is 9.15 Å². The first-order chi connectivity index (χ1) is 12.2. The number of oxazole rings is 1. The van der Waals surface area contributed by atoms with E-state index in [1.54, 1.807) is 18.3 Å². The number of pyridine rings is 1. The molecule has 0 saturated carbocycles. The van der Waals surface area contributed by atoms with Crippen LogP contribution in [0.4, 0.5) is 0 Å². The molecule has 3 heterocycles. The molecular formula is C18H14N4O3. The van der Waals surface area contributed by atoms with Gasteiger partial charge in [0.25, 0.3) is 5.56 Å². The standard InChI is InChI=1S/C18H14N4O3/c1-11-2-3-12(7-19-11)18-22-15-6-14(4-5-16(15)25-18)24-10-13-8-21-17(23)9-20-13/h2-9H,10H2,1H3,(H,21,23). The topological polar surface area (TPSA) is 93.9 Å². The summed E-state index contributed by atoms with van der Waals surface area (Å²) in [4.78, 5) is 26.3. The lowest BCUT2D eigenvalue weighted by molar-refractivity contribution is 0.301. The third-order valence-corrected chi connectivity index (χ3v) is 3.63. The van der Waals surface area contributed by atoms with Crippen molar-refractivity contribution in [1.82, 2.24) is 19.9 Å². The number of benzene rings is 1. The number of hydrogen-bond acceptors (Lipinski definition) is 6. The van der Waals surface area contributed by atoms with Gasteiger partial charge < -0.3 is 14.1 Å². The molecule has 0 unspecified atom stereocenters. The van der Waals surface area contributed by atoms with Crippen LogP contribution in [0.15, 0.2) is 58.1 Å². The number of aryl methyl sites for hydroxylation is 1. The quantitative estimate of drug-likeness (QED) is 0.617. The average molecular weight is 334 g/mol. The highest BCUT2D eigenvalue weighted by Gasteiger charge is 2.10. The van der Waals surface area contributed by atoms with Gasteiger partial charge in [-0.1, -0.05) is 0 Å². The van der Waals surface area contributed by atoms with Crippen LogP contribution in [0.25, 0.3) is 22.6 Å². The van der Waals surface area contributed by atoms with Crippen LogP contribution in [0.1, 0.15) is 11.4 Å². The molecule has 0 fully saturated rings. The number of nitrogens with zero attached hydrogens (tertiary/aromatic N) is 3. The van der Waals surface area contributed by atoms with Gasteiger partial charge in [0, 0.05) is 24.2 Å². The number of rotatable bonds is 4. The molecule has 0 radical (unpaired) electrons. The van der Waals surface area contributed by atoms with Crippen molar-refractivity contribution in [3.05, 3.63) is 70.7 Å². The molecule has 124 valence electrons. The summed E-state index contributed by atoms with van der Waals surface area (Å²) in [5.74, 6) is 1.16. The second-order valence-electron chi connectivity index (χ2n) is 5.53. The highest BCUT2D eigenvalue weighted by atomic mass is 16.5. The molecule has 0 aliphatic heterocycles. The normalized spacial score (nSPS) is 10.9. The van der Waals surface area contributed by atoms with Gasteiger partial charge >= 0.3 is 0 Å². The van der Waals surface area contributed by atoms with E-state index in [0.717, 1.165) is 11.3 Å². The van der Waals surface area contributed by atoms with E-state index in [9.17, 15) is 4.79 Å². The first kappa shape index (κ1) is 15.1. The molecule has 4 rings (SSSR count). The minimum absolute atomic E-state index is 0.245. The third kappa shape index (κ3) is 3.25. The maximum absolute atomic E-state index is 11.0. The number of hydrogen-bond donors (Lipinski definition) is 1. The van der Waals surface area contributed by atoms with E-state index in [1.165, 1.54) is 12.4 Å². The van der Waals surface area contributed by atoms with Crippen LogP contribution in [0.5, 0.6) is 5.75 Å². The Morgan fingerprint density at radius 3 is 2.84 bits per heavy atom. The van der Waals surface area contributed by atoms with Crippen molar-refractivity contribution in [2.75, 3.05) is 0 Å². The summed E-state index contributed by atoms with van der Waals surface area (Å²) in [5, 5.41) is 0. The van der Waals surface area contributed by atoms with E-state index in [2.05, 4.69) is 19.9 Å². The Hall–Kier alpha value is -3.48. The molecule has 0 saturated heterocycles. The van der Waals surface area contributed by atoms with E-state index >= 15 is 0 Å². The highest BCUT2D eigenvalue weighted by molar-refractivity contribution is 5.77. The highest BCUT2D eigenvalue weighted by Crippen LogP contribution is 2.26. The Bertz CT molecular complexity index is 1060. The van der Waals surface area contributed by atoms with Gasteiger partial charge in [-0.15, -0.1) is 0 Å². The fourth-order valence-corrected chi connectivity index (χ4v) is 2.32. The summed E-state index contributed by atoms with van der Waals surface area (Å²) in [7, 11) is 0. The lowest BCUT2D eigenvalue weighted by atomic mass is 10.2. The number of ether oxygens (including phenoxy) is 1. The van der Waals surface area contributed by atoms with Crippen molar-refractivity contribution in [3.63, 3.8) is 0 Å². The van der Waals surface area contributed by atoms with Gasteiger partial charge in [0.1, 0.15) is 17.9 Å². The minimum Gasteiger partial charge on any atom is -0.487 e. The fraction of sp³-hybridized carbons (Fsp3) is 0.111. The molecule has 25 heavy (non-hydrogen) atoms. The maximum Gasteiger partial charge on any atom is 0.266 e. The number of aromatic amines is 1. The van der Waals surface area contributed by atoms with Crippen molar-refractivity contribution in [2.45, 2.75) is 13.5 Å². The van der Waals surface area contributed by atoms with Crippen LogP contribution in [0, 0.1) is 6.92 Å². The zero-order chi connectivity index (χ0) is 17.2. The zero-order valence-electron chi connectivity index (χ0n) is 13.4. The van der Waals surface area contributed by atoms with E-state index in [1.807, 2.05) is 25.1 Å². The molecule has 7 heteroatoms. The van der Waals surface area contributed by atoms with Gasteiger partial charge in [0.15, 0.2) is 5.58 Å². The van der Waals surface area contributed by atoms with E-state index in [0.29, 0.717) is 28.4 Å². The summed E-state index contributed by atoms with van der Waals surface area (Å²) in [6, 6.07) is 9.25. The zero-order valence-corrected chi connectivity index (χ0v) is 13.4. The van der Waals surface area contributed by atoms with E-state index < -0.39 is 0 Å². The Balaban J connectivity index is 1.56. The summed E-state index contributed by atoms with van der Waals surface area (Å²) in [6.07, 6.45) is 4.49. The van der Waals surface area contributed by atoms with Crippen molar-refractivity contribution in [1.29, 1.82) is 0 Å². The van der Waals surface area contributed by atoms with Gasteiger partial charge in [0.05, 0.1) is 17.5 Å². The van der Waals surface area contributed by atoms with Crippen molar-refractivity contribution >= 4 is 11.1 Å². The van der Waals surface area contributed by atoms with Crippen LogP contribution < -0.4 is 10.3 Å². The van der Waals surface area contributed by atoms with Gasteiger partial charge in [0.2, 0.25) is 5.89 Å². The molecule has 0 atom stereocenters. The van der Waals surface area contributed by atoms with Gasteiger partial charge in [-0.3, -0.25) is 14.8 Å². The van der Waals surface area contributed by atoms with Crippen molar-refractivity contribution in [3.8, 4) is 17.2 Å².